The van der Waals surface area contributed by atoms with Crippen molar-refractivity contribution < 1.29 is 5.11 Å². The molecule has 0 bridgehead atoms. The molecule has 1 aromatic carbocycles. The highest BCUT2D eigenvalue weighted by Crippen LogP contribution is 2.19. The van der Waals surface area contributed by atoms with Gasteiger partial charge in [-0.3, -0.25) is 4.40 Å². The van der Waals surface area contributed by atoms with Crippen molar-refractivity contribution in [2.75, 3.05) is 0 Å². The molecule has 0 unspecified atom stereocenters. The lowest BCUT2D eigenvalue weighted by atomic mass is 10.1. The Bertz CT molecular complexity index is 686. The van der Waals surface area contributed by atoms with Gasteiger partial charge in [-0.15, -0.1) is 0 Å². The number of hydrogen-bond acceptors (Lipinski definition) is 3. The fourth-order valence-electron chi connectivity index (χ4n) is 2.00. The third-order valence-electron chi connectivity index (χ3n) is 3.03. The lowest BCUT2D eigenvalue weighted by Crippen LogP contribution is -1.99. The molecule has 90 valence electrons. The summed E-state index contributed by atoms with van der Waals surface area (Å²) >= 11 is 0. The molecule has 0 saturated heterocycles. The Hall–Kier alpha value is -2.36. The smallest absolute Gasteiger partial charge is 0.231 e. The normalized spacial score (nSPS) is 10.9. The highest BCUT2D eigenvalue weighted by Gasteiger charge is 2.09. The van der Waals surface area contributed by atoms with Gasteiger partial charge in [-0.25, -0.2) is 9.97 Å². The van der Waals surface area contributed by atoms with Crippen LogP contribution in [0.25, 0.3) is 5.52 Å². The van der Waals surface area contributed by atoms with E-state index >= 15 is 0 Å². The van der Waals surface area contributed by atoms with E-state index in [1.807, 2.05) is 4.40 Å². The Morgan fingerprint density at radius 1 is 1.17 bits per heavy atom. The first-order valence-electron chi connectivity index (χ1n) is 5.78. The summed E-state index contributed by atoms with van der Waals surface area (Å²) in [5.74, 6) is 0.0566. The Kier molecular flexibility index (Phi) is 2.48. The van der Waals surface area contributed by atoms with Crippen molar-refractivity contribution in [1.82, 2.24) is 14.4 Å². The molecule has 0 aliphatic heterocycles. The SMILES string of the molecule is Cc1ccc(Cc2c(O)ncc3cncn23)cc1. The first-order valence-corrected chi connectivity index (χ1v) is 5.78. The van der Waals surface area contributed by atoms with E-state index in [-0.39, 0.29) is 5.88 Å². The first kappa shape index (κ1) is 10.8. The van der Waals surface area contributed by atoms with Crippen molar-refractivity contribution in [3.8, 4) is 5.88 Å². The molecular weight excluding hydrogens is 226 g/mol. The van der Waals surface area contributed by atoms with Crippen LogP contribution in [0.15, 0.2) is 43.0 Å². The molecule has 0 amide bonds. The summed E-state index contributed by atoms with van der Waals surface area (Å²) in [5.41, 5.74) is 4.00. The zero-order valence-corrected chi connectivity index (χ0v) is 10.0. The van der Waals surface area contributed by atoms with Crippen LogP contribution < -0.4 is 0 Å². The van der Waals surface area contributed by atoms with Crippen LogP contribution in [-0.2, 0) is 6.42 Å². The molecule has 0 spiro atoms. The lowest BCUT2D eigenvalue weighted by molar-refractivity contribution is 0.442. The Morgan fingerprint density at radius 2 is 1.94 bits per heavy atom. The number of aromatic nitrogens is 3. The van der Waals surface area contributed by atoms with Gasteiger partial charge in [-0.05, 0) is 12.5 Å². The average molecular weight is 239 g/mol. The van der Waals surface area contributed by atoms with Gasteiger partial charge in [0.15, 0.2) is 0 Å². The van der Waals surface area contributed by atoms with Gasteiger partial charge in [0.1, 0.15) is 0 Å². The molecule has 0 atom stereocenters. The van der Waals surface area contributed by atoms with E-state index in [1.165, 1.54) is 5.56 Å². The van der Waals surface area contributed by atoms with Crippen molar-refractivity contribution in [2.45, 2.75) is 13.3 Å². The summed E-state index contributed by atoms with van der Waals surface area (Å²) in [6.07, 6.45) is 5.67. The topological polar surface area (TPSA) is 50.4 Å². The number of hydrogen-bond donors (Lipinski definition) is 1. The molecule has 0 aliphatic rings. The molecule has 1 N–H and O–H groups in total. The summed E-state index contributed by atoms with van der Waals surface area (Å²) in [6.45, 7) is 2.05. The van der Waals surface area contributed by atoms with Gasteiger partial charge in [-0.1, -0.05) is 29.8 Å². The van der Waals surface area contributed by atoms with E-state index in [1.54, 1.807) is 18.7 Å². The summed E-state index contributed by atoms with van der Waals surface area (Å²) in [4.78, 5) is 8.06. The standard InChI is InChI=1S/C14H13N3O/c1-10-2-4-11(5-3-10)6-13-14(18)16-8-12-7-15-9-17(12)13/h2-5,7-9,18H,6H2,1H3. The van der Waals surface area contributed by atoms with Crippen molar-refractivity contribution in [1.29, 1.82) is 0 Å². The van der Waals surface area contributed by atoms with Gasteiger partial charge < -0.3 is 5.11 Å². The molecule has 4 nitrogen and oxygen atoms in total. The van der Waals surface area contributed by atoms with Crippen LogP contribution in [-0.4, -0.2) is 19.5 Å². The number of nitrogens with zero attached hydrogens (tertiary/aromatic N) is 3. The second-order valence-corrected chi connectivity index (χ2v) is 4.38. The number of aryl methyl sites for hydroxylation is 1. The van der Waals surface area contributed by atoms with E-state index in [9.17, 15) is 5.11 Å². The number of benzene rings is 1. The number of imidazole rings is 1. The number of rotatable bonds is 2. The Balaban J connectivity index is 2.06. The maximum Gasteiger partial charge on any atom is 0.231 e. The second-order valence-electron chi connectivity index (χ2n) is 4.38. The summed E-state index contributed by atoms with van der Waals surface area (Å²) in [7, 11) is 0. The van der Waals surface area contributed by atoms with Crippen LogP contribution in [0.4, 0.5) is 0 Å². The molecule has 2 aromatic heterocycles. The minimum atomic E-state index is 0.0566. The molecule has 4 heteroatoms. The molecule has 0 saturated carbocycles. The van der Waals surface area contributed by atoms with Crippen LogP contribution in [0.2, 0.25) is 0 Å². The average Bonchev–Trinajstić information content (AvgIpc) is 2.84. The fourth-order valence-corrected chi connectivity index (χ4v) is 2.00. The minimum Gasteiger partial charge on any atom is -0.492 e. The zero-order chi connectivity index (χ0) is 12.5. The van der Waals surface area contributed by atoms with Gasteiger partial charge in [0, 0.05) is 6.42 Å². The van der Waals surface area contributed by atoms with Crippen LogP contribution in [0.5, 0.6) is 5.88 Å². The van der Waals surface area contributed by atoms with E-state index in [4.69, 9.17) is 0 Å². The van der Waals surface area contributed by atoms with Crippen LogP contribution in [0.1, 0.15) is 16.8 Å². The Labute approximate surface area is 105 Å². The summed E-state index contributed by atoms with van der Waals surface area (Å²) < 4.78 is 1.86. The second kappa shape index (κ2) is 4.14. The molecular formula is C14H13N3O. The van der Waals surface area contributed by atoms with E-state index in [2.05, 4.69) is 41.2 Å². The first-order chi connectivity index (χ1) is 8.74. The van der Waals surface area contributed by atoms with E-state index < -0.39 is 0 Å². The molecule has 0 fully saturated rings. The lowest BCUT2D eigenvalue weighted by Gasteiger charge is -2.07. The van der Waals surface area contributed by atoms with Crippen molar-refractivity contribution >= 4 is 5.52 Å². The molecule has 2 heterocycles. The highest BCUT2D eigenvalue weighted by atomic mass is 16.3. The Morgan fingerprint density at radius 3 is 2.72 bits per heavy atom. The van der Waals surface area contributed by atoms with Gasteiger partial charge in [-0.2, -0.15) is 0 Å². The molecule has 0 aliphatic carbocycles. The maximum atomic E-state index is 9.88. The molecule has 0 radical (unpaired) electrons. The summed E-state index contributed by atoms with van der Waals surface area (Å²) in [5, 5.41) is 9.88. The van der Waals surface area contributed by atoms with Gasteiger partial charge in [0.25, 0.3) is 0 Å². The quantitative estimate of drug-likeness (QED) is 0.746. The predicted octanol–water partition coefficient (Wildman–Crippen LogP) is 2.33. The van der Waals surface area contributed by atoms with Gasteiger partial charge >= 0.3 is 0 Å². The largest absolute Gasteiger partial charge is 0.492 e. The van der Waals surface area contributed by atoms with Crippen molar-refractivity contribution in [3.63, 3.8) is 0 Å². The van der Waals surface area contributed by atoms with Crippen molar-refractivity contribution in [2.24, 2.45) is 0 Å². The minimum absolute atomic E-state index is 0.0566. The number of aromatic hydroxyl groups is 1. The highest BCUT2D eigenvalue weighted by molar-refractivity contribution is 5.46. The van der Waals surface area contributed by atoms with Gasteiger partial charge in [0.2, 0.25) is 5.88 Å². The third kappa shape index (κ3) is 1.82. The van der Waals surface area contributed by atoms with Crippen LogP contribution >= 0.6 is 0 Å². The third-order valence-corrected chi connectivity index (χ3v) is 3.03. The predicted molar refractivity (Wildman–Crippen MR) is 68.6 cm³/mol. The molecule has 3 aromatic rings. The molecule has 3 rings (SSSR count). The molecule has 18 heavy (non-hydrogen) atoms. The van der Waals surface area contributed by atoms with E-state index in [0.717, 1.165) is 16.8 Å². The maximum absolute atomic E-state index is 9.88. The van der Waals surface area contributed by atoms with Crippen LogP contribution in [0, 0.1) is 6.92 Å². The van der Waals surface area contributed by atoms with Gasteiger partial charge in [0.05, 0.1) is 29.9 Å². The van der Waals surface area contributed by atoms with Crippen LogP contribution in [0.3, 0.4) is 0 Å². The fraction of sp³-hybridized carbons (Fsp3) is 0.143. The van der Waals surface area contributed by atoms with E-state index in [0.29, 0.717) is 6.42 Å². The monoisotopic (exact) mass is 239 g/mol. The summed E-state index contributed by atoms with van der Waals surface area (Å²) in [6, 6.07) is 8.25. The zero-order valence-electron chi connectivity index (χ0n) is 10.0. The van der Waals surface area contributed by atoms with Crippen molar-refractivity contribution in [3.05, 3.63) is 59.8 Å². The number of fused-ring (bicyclic) bond motifs is 1.